The van der Waals surface area contributed by atoms with Crippen LogP contribution in [0.5, 0.6) is 0 Å². The van der Waals surface area contributed by atoms with Crippen molar-refractivity contribution in [3.8, 4) is 0 Å². The molecule has 0 spiro atoms. The van der Waals surface area contributed by atoms with Crippen LogP contribution in [0.3, 0.4) is 0 Å². The summed E-state index contributed by atoms with van der Waals surface area (Å²) in [6, 6.07) is 0. The second-order valence-electron chi connectivity index (χ2n) is 3.89. The van der Waals surface area contributed by atoms with E-state index in [0.717, 1.165) is 0 Å². The first kappa shape index (κ1) is 16.4. The average molecular weight is 255 g/mol. The van der Waals surface area contributed by atoms with Crippen LogP contribution in [0.4, 0.5) is 0 Å². The Bertz CT molecular complexity index is 533. The van der Waals surface area contributed by atoms with Gasteiger partial charge in [0.2, 0.25) is 0 Å². The molecular weight excluding hydrogens is 238 g/mol. The lowest BCUT2D eigenvalue weighted by Gasteiger charge is -2.16. The summed E-state index contributed by atoms with van der Waals surface area (Å²) >= 11 is 0. The summed E-state index contributed by atoms with van der Waals surface area (Å²) in [6.07, 6.45) is 1.15. The molecule has 0 rings (SSSR count). The molecule has 0 aromatic heterocycles. The minimum atomic E-state index is -0.0421. The van der Waals surface area contributed by atoms with Gasteiger partial charge in [-0.3, -0.25) is 4.79 Å². The van der Waals surface area contributed by atoms with Crippen LogP contribution in [0.2, 0.25) is 0 Å². The summed E-state index contributed by atoms with van der Waals surface area (Å²) in [7, 11) is 0. The molecule has 0 saturated carbocycles. The molecule has 0 saturated heterocycles. The maximum absolute atomic E-state index is 10.6. The molecule has 0 heterocycles. The van der Waals surface area contributed by atoms with Crippen molar-refractivity contribution in [1.29, 1.82) is 5.41 Å². The Morgan fingerprint density at radius 3 is 1.63 bits per heavy atom. The lowest BCUT2D eigenvalue weighted by atomic mass is 9.88. The molecule has 0 amide bonds. The number of allylic oxidation sites excluding steroid dienone is 6. The standard InChI is InChI=1S/C16H17NO2/c1-10(9-19)11(2)12(3)13(4)14(5)15(6)16(17)7-8-18/h8-9,17H,1-7H2. The molecule has 0 aromatic rings. The predicted molar refractivity (Wildman–Crippen MR) is 79.3 cm³/mol. The van der Waals surface area contributed by atoms with Crippen molar-refractivity contribution < 1.29 is 9.59 Å². The van der Waals surface area contributed by atoms with Gasteiger partial charge in [0.25, 0.3) is 0 Å². The topological polar surface area (TPSA) is 58.0 Å². The summed E-state index contributed by atoms with van der Waals surface area (Å²) in [4.78, 5) is 21.0. The number of carbonyl (C=O) groups excluding carboxylic acids is 2. The van der Waals surface area contributed by atoms with Crippen molar-refractivity contribution in [2.75, 3.05) is 0 Å². The molecular formula is C16H17NO2. The van der Waals surface area contributed by atoms with E-state index in [9.17, 15) is 9.59 Å². The van der Waals surface area contributed by atoms with Crippen molar-refractivity contribution in [2.24, 2.45) is 0 Å². The first-order chi connectivity index (χ1) is 8.77. The molecule has 0 aliphatic rings. The molecule has 0 aliphatic heterocycles. The second-order valence-corrected chi connectivity index (χ2v) is 3.89. The third-order valence-corrected chi connectivity index (χ3v) is 2.64. The van der Waals surface area contributed by atoms with E-state index in [1.807, 2.05) is 0 Å². The molecule has 98 valence electrons. The Kier molecular flexibility index (Phi) is 6.07. The zero-order valence-corrected chi connectivity index (χ0v) is 10.9. The number of rotatable bonds is 9. The molecule has 19 heavy (non-hydrogen) atoms. The van der Waals surface area contributed by atoms with Gasteiger partial charge >= 0.3 is 0 Å². The number of aldehydes is 2. The van der Waals surface area contributed by atoms with Crippen molar-refractivity contribution in [3.05, 3.63) is 72.9 Å². The lowest BCUT2D eigenvalue weighted by molar-refractivity contribution is -0.107. The molecule has 0 unspecified atom stereocenters. The Labute approximate surface area is 113 Å². The van der Waals surface area contributed by atoms with E-state index in [-0.39, 0.29) is 17.7 Å². The fourth-order valence-corrected chi connectivity index (χ4v) is 1.20. The Hall–Kier alpha value is -2.55. The van der Waals surface area contributed by atoms with E-state index in [4.69, 9.17) is 5.41 Å². The summed E-state index contributed by atoms with van der Waals surface area (Å²) in [5.74, 6) is 0. The smallest absolute Gasteiger partial charge is 0.150 e. The Balaban J connectivity index is 5.03. The highest BCUT2D eigenvalue weighted by atomic mass is 16.1. The van der Waals surface area contributed by atoms with Gasteiger partial charge in [0.05, 0.1) is 0 Å². The zero-order valence-electron chi connectivity index (χ0n) is 10.9. The third-order valence-electron chi connectivity index (χ3n) is 2.64. The molecule has 0 radical (unpaired) electrons. The number of carbonyl (C=O) groups is 2. The third kappa shape index (κ3) is 4.00. The SMILES string of the molecule is C=C(C=O)C(=C)C(=C)C(=C)C(=C)C(=C)C(=N)CC=O. The first-order valence-corrected chi connectivity index (χ1v) is 5.39. The molecule has 0 aromatic carbocycles. The van der Waals surface area contributed by atoms with Gasteiger partial charge in [-0.2, -0.15) is 0 Å². The first-order valence-electron chi connectivity index (χ1n) is 5.39. The van der Waals surface area contributed by atoms with Crippen molar-refractivity contribution in [3.63, 3.8) is 0 Å². The molecule has 0 aliphatic carbocycles. The van der Waals surface area contributed by atoms with E-state index in [0.29, 0.717) is 40.4 Å². The Morgan fingerprint density at radius 1 is 0.789 bits per heavy atom. The van der Waals surface area contributed by atoms with Crippen LogP contribution in [0.25, 0.3) is 0 Å². The maximum Gasteiger partial charge on any atom is 0.150 e. The monoisotopic (exact) mass is 255 g/mol. The normalized spacial score (nSPS) is 9.05. The van der Waals surface area contributed by atoms with Crippen LogP contribution in [0.15, 0.2) is 72.9 Å². The fraction of sp³-hybridized carbons (Fsp3) is 0.0625. The molecule has 1 N–H and O–H groups in total. The van der Waals surface area contributed by atoms with Gasteiger partial charge in [-0.1, -0.05) is 39.5 Å². The number of nitrogens with one attached hydrogen (secondary N) is 1. The van der Waals surface area contributed by atoms with Crippen LogP contribution in [0.1, 0.15) is 6.42 Å². The quantitative estimate of drug-likeness (QED) is 0.298. The molecule has 3 heteroatoms. The van der Waals surface area contributed by atoms with Crippen LogP contribution >= 0.6 is 0 Å². The highest BCUT2D eigenvalue weighted by molar-refractivity contribution is 6.07. The van der Waals surface area contributed by atoms with Gasteiger partial charge in [0.15, 0.2) is 0 Å². The Morgan fingerprint density at radius 2 is 1.21 bits per heavy atom. The van der Waals surface area contributed by atoms with Crippen LogP contribution in [-0.4, -0.2) is 18.3 Å². The van der Waals surface area contributed by atoms with Crippen LogP contribution in [0, 0.1) is 5.41 Å². The van der Waals surface area contributed by atoms with E-state index in [1.54, 1.807) is 0 Å². The minimum Gasteiger partial charge on any atom is -0.304 e. The van der Waals surface area contributed by atoms with Crippen molar-refractivity contribution in [2.45, 2.75) is 6.42 Å². The van der Waals surface area contributed by atoms with Gasteiger partial charge in [-0.25, -0.2) is 0 Å². The highest BCUT2D eigenvalue weighted by Crippen LogP contribution is 2.28. The number of hydrogen-bond acceptors (Lipinski definition) is 3. The summed E-state index contributed by atoms with van der Waals surface area (Å²) in [6.45, 7) is 22.3. The summed E-state index contributed by atoms with van der Waals surface area (Å²) in [5, 5.41) is 7.63. The molecule has 0 bridgehead atoms. The molecule has 0 fully saturated rings. The number of hydrogen-bond donors (Lipinski definition) is 1. The van der Waals surface area contributed by atoms with Crippen molar-refractivity contribution in [1.82, 2.24) is 0 Å². The summed E-state index contributed by atoms with van der Waals surface area (Å²) in [5.41, 5.74) is 2.13. The predicted octanol–water partition coefficient (Wildman–Crippen LogP) is 3.13. The fourth-order valence-electron chi connectivity index (χ4n) is 1.20. The van der Waals surface area contributed by atoms with E-state index < -0.39 is 0 Å². The van der Waals surface area contributed by atoms with Crippen molar-refractivity contribution >= 4 is 18.3 Å². The average Bonchev–Trinajstić information content (AvgIpc) is 2.42. The van der Waals surface area contributed by atoms with E-state index in [1.165, 1.54) is 0 Å². The van der Waals surface area contributed by atoms with Crippen LogP contribution < -0.4 is 0 Å². The second kappa shape index (κ2) is 7.01. The van der Waals surface area contributed by atoms with E-state index in [2.05, 4.69) is 39.5 Å². The van der Waals surface area contributed by atoms with Gasteiger partial charge in [-0.15, -0.1) is 0 Å². The van der Waals surface area contributed by atoms with Gasteiger partial charge < -0.3 is 10.2 Å². The molecule has 0 atom stereocenters. The van der Waals surface area contributed by atoms with Gasteiger partial charge in [0, 0.05) is 17.7 Å². The van der Waals surface area contributed by atoms with Gasteiger partial charge in [-0.05, 0) is 27.9 Å². The van der Waals surface area contributed by atoms with E-state index >= 15 is 0 Å². The largest absolute Gasteiger partial charge is 0.304 e. The van der Waals surface area contributed by atoms with Gasteiger partial charge in [0.1, 0.15) is 12.6 Å². The maximum atomic E-state index is 10.6. The lowest BCUT2D eigenvalue weighted by Crippen LogP contribution is -2.06. The summed E-state index contributed by atoms with van der Waals surface area (Å²) < 4.78 is 0. The minimum absolute atomic E-state index is 0.0421. The van der Waals surface area contributed by atoms with Crippen LogP contribution in [-0.2, 0) is 9.59 Å². The molecule has 3 nitrogen and oxygen atoms in total. The highest BCUT2D eigenvalue weighted by Gasteiger charge is 2.14. The zero-order chi connectivity index (χ0) is 15.2.